The number of nitrogens with zero attached hydrogens (tertiary/aromatic N) is 1. The number of aliphatic carboxylic acids is 1. The van der Waals surface area contributed by atoms with Gasteiger partial charge in [0.2, 0.25) is 15.9 Å². The third-order valence-corrected chi connectivity index (χ3v) is 3.50. The molecule has 18 heavy (non-hydrogen) atoms. The van der Waals surface area contributed by atoms with Crippen molar-refractivity contribution in [3.63, 3.8) is 0 Å². The highest BCUT2D eigenvalue weighted by molar-refractivity contribution is 7.89. The summed E-state index contributed by atoms with van der Waals surface area (Å²) in [5.74, 6) is -2.09. The summed E-state index contributed by atoms with van der Waals surface area (Å²) in [6, 6.07) is -1.42. The summed E-state index contributed by atoms with van der Waals surface area (Å²) in [4.78, 5) is 21.2. The molecule has 1 atom stereocenters. The molecule has 0 spiro atoms. The molecule has 9 nitrogen and oxygen atoms in total. The van der Waals surface area contributed by atoms with Gasteiger partial charge in [-0.3, -0.25) is 14.7 Å². The summed E-state index contributed by atoms with van der Waals surface area (Å²) in [7, 11) is -3.99. The van der Waals surface area contributed by atoms with Crippen LogP contribution in [0.4, 0.5) is 0 Å². The molecule has 1 rings (SSSR count). The number of hydrogen-bond donors (Lipinski definition) is 4. The first-order valence-electron chi connectivity index (χ1n) is 4.85. The van der Waals surface area contributed by atoms with Crippen LogP contribution in [0.3, 0.4) is 0 Å². The molecule has 1 amide bonds. The normalized spacial score (nSPS) is 13.1. The smallest absolute Gasteiger partial charge is 0.321 e. The Hall–Kier alpha value is -1.94. The van der Waals surface area contributed by atoms with Crippen LogP contribution in [0.2, 0.25) is 0 Å². The van der Waals surface area contributed by atoms with E-state index in [4.69, 9.17) is 10.8 Å². The van der Waals surface area contributed by atoms with Crippen molar-refractivity contribution in [2.24, 2.45) is 5.73 Å². The molecule has 1 heterocycles. The van der Waals surface area contributed by atoms with E-state index < -0.39 is 27.9 Å². The molecule has 0 aliphatic carbocycles. The number of nitrogens with one attached hydrogen (secondary N) is 2. The summed E-state index contributed by atoms with van der Waals surface area (Å²) in [6.45, 7) is 0. The number of carboxylic acids is 1. The zero-order valence-corrected chi connectivity index (χ0v) is 9.98. The number of rotatable bonds is 7. The maximum atomic E-state index is 11.7. The fourth-order valence-electron chi connectivity index (χ4n) is 1.16. The zero-order valence-electron chi connectivity index (χ0n) is 9.16. The van der Waals surface area contributed by atoms with E-state index >= 15 is 0 Å². The number of carbonyl (C=O) groups is 2. The number of hydrogen-bond acceptors (Lipinski definition) is 5. The second-order valence-corrected chi connectivity index (χ2v) is 5.17. The lowest BCUT2D eigenvalue weighted by atomic mass is 10.2. The van der Waals surface area contributed by atoms with E-state index in [0.29, 0.717) is 0 Å². The van der Waals surface area contributed by atoms with Crippen LogP contribution >= 0.6 is 0 Å². The quantitative estimate of drug-likeness (QED) is 0.470. The van der Waals surface area contributed by atoms with E-state index in [0.717, 1.165) is 12.4 Å². The number of aromatic nitrogens is 2. The van der Waals surface area contributed by atoms with Crippen LogP contribution in [-0.4, -0.2) is 41.6 Å². The van der Waals surface area contributed by atoms with Crippen molar-refractivity contribution in [1.29, 1.82) is 0 Å². The maximum absolute atomic E-state index is 11.7. The zero-order chi connectivity index (χ0) is 13.8. The third kappa shape index (κ3) is 3.82. The van der Waals surface area contributed by atoms with Gasteiger partial charge >= 0.3 is 5.97 Å². The fraction of sp³-hybridized carbons (Fsp3) is 0.375. The molecule has 100 valence electrons. The van der Waals surface area contributed by atoms with Crippen LogP contribution in [0.25, 0.3) is 0 Å². The van der Waals surface area contributed by atoms with Crippen LogP contribution in [0.5, 0.6) is 0 Å². The van der Waals surface area contributed by atoms with Gasteiger partial charge in [-0.25, -0.2) is 8.42 Å². The van der Waals surface area contributed by atoms with Crippen molar-refractivity contribution in [3.8, 4) is 0 Å². The lowest BCUT2D eigenvalue weighted by molar-refractivity contribution is -0.139. The average Bonchev–Trinajstić information content (AvgIpc) is 2.77. The van der Waals surface area contributed by atoms with Crippen LogP contribution in [0, 0.1) is 0 Å². The number of nitrogens with two attached hydrogens (primary N) is 1. The minimum Gasteiger partial charge on any atom is -0.480 e. The van der Waals surface area contributed by atoms with Gasteiger partial charge in [-0.2, -0.15) is 9.82 Å². The molecular weight excluding hydrogens is 264 g/mol. The third-order valence-electron chi connectivity index (χ3n) is 2.06. The van der Waals surface area contributed by atoms with Gasteiger partial charge < -0.3 is 10.8 Å². The molecule has 0 aromatic carbocycles. The summed E-state index contributed by atoms with van der Waals surface area (Å²) in [5.41, 5.74) is 4.88. The van der Waals surface area contributed by atoms with Crippen molar-refractivity contribution >= 4 is 21.9 Å². The molecule has 0 aliphatic rings. The summed E-state index contributed by atoms with van der Waals surface area (Å²) < 4.78 is 25.4. The molecule has 0 bridgehead atoms. The molecule has 0 saturated heterocycles. The molecule has 10 heteroatoms. The lowest BCUT2D eigenvalue weighted by Gasteiger charge is -2.12. The minimum absolute atomic E-state index is 0.187. The number of carboxylic acid groups (broad SMARTS) is 1. The van der Waals surface area contributed by atoms with E-state index in [1.54, 1.807) is 0 Å². The molecular formula is C8H12N4O5S. The Bertz CT molecular complexity index is 524. The SMILES string of the molecule is NC(=O)CC[C@H](NS(=O)(=O)c1cn[nH]c1)C(=O)O. The Kier molecular flexibility index (Phi) is 4.39. The highest BCUT2D eigenvalue weighted by Crippen LogP contribution is 2.08. The first-order chi connectivity index (χ1) is 8.33. The first kappa shape index (κ1) is 14.1. The van der Waals surface area contributed by atoms with Crippen LogP contribution in [0.15, 0.2) is 17.3 Å². The van der Waals surface area contributed by atoms with Gasteiger partial charge in [-0.05, 0) is 6.42 Å². The van der Waals surface area contributed by atoms with Crippen LogP contribution < -0.4 is 10.5 Å². The number of amides is 1. The lowest BCUT2D eigenvalue weighted by Crippen LogP contribution is -2.41. The largest absolute Gasteiger partial charge is 0.480 e. The Morgan fingerprint density at radius 2 is 2.22 bits per heavy atom. The summed E-state index contributed by atoms with van der Waals surface area (Å²) in [5, 5.41) is 14.6. The first-order valence-corrected chi connectivity index (χ1v) is 6.33. The van der Waals surface area contributed by atoms with Crippen LogP contribution in [-0.2, 0) is 19.6 Å². The van der Waals surface area contributed by atoms with Crippen molar-refractivity contribution < 1.29 is 23.1 Å². The second kappa shape index (κ2) is 5.60. The Balaban J connectivity index is 2.78. The molecule has 5 N–H and O–H groups in total. The van der Waals surface area contributed by atoms with Gasteiger partial charge in [-0.15, -0.1) is 0 Å². The summed E-state index contributed by atoms with van der Waals surface area (Å²) >= 11 is 0. The molecule has 0 aliphatic heterocycles. The molecule has 0 fully saturated rings. The Morgan fingerprint density at radius 3 is 2.67 bits per heavy atom. The highest BCUT2D eigenvalue weighted by atomic mass is 32.2. The fourth-order valence-corrected chi connectivity index (χ4v) is 2.29. The van der Waals surface area contributed by atoms with Gasteiger partial charge in [0.25, 0.3) is 0 Å². The number of aromatic amines is 1. The number of primary amides is 1. The average molecular weight is 276 g/mol. The maximum Gasteiger partial charge on any atom is 0.321 e. The van der Waals surface area contributed by atoms with Crippen molar-refractivity contribution in [1.82, 2.24) is 14.9 Å². The summed E-state index contributed by atoms with van der Waals surface area (Å²) in [6.07, 6.45) is 1.69. The van der Waals surface area contributed by atoms with Crippen molar-refractivity contribution in [3.05, 3.63) is 12.4 Å². The topological polar surface area (TPSA) is 155 Å². The van der Waals surface area contributed by atoms with E-state index in [-0.39, 0.29) is 17.7 Å². The van der Waals surface area contributed by atoms with Gasteiger partial charge in [0.15, 0.2) is 0 Å². The standard InChI is InChI=1S/C8H12N4O5S/c9-7(13)2-1-6(8(14)15)12-18(16,17)5-3-10-11-4-5/h3-4,6,12H,1-2H2,(H2,9,13)(H,10,11)(H,14,15)/t6-/m0/s1. The predicted molar refractivity (Wildman–Crippen MR) is 58.8 cm³/mol. The molecule has 0 unspecified atom stereocenters. The van der Waals surface area contributed by atoms with Crippen molar-refractivity contribution in [2.45, 2.75) is 23.8 Å². The monoisotopic (exact) mass is 276 g/mol. The van der Waals surface area contributed by atoms with Gasteiger partial charge in [0.05, 0.1) is 6.20 Å². The van der Waals surface area contributed by atoms with Crippen molar-refractivity contribution in [2.75, 3.05) is 0 Å². The van der Waals surface area contributed by atoms with E-state index in [2.05, 4.69) is 10.2 Å². The highest BCUT2D eigenvalue weighted by Gasteiger charge is 2.26. The van der Waals surface area contributed by atoms with Gasteiger partial charge in [0, 0.05) is 12.6 Å². The Morgan fingerprint density at radius 1 is 1.56 bits per heavy atom. The van der Waals surface area contributed by atoms with E-state index in [1.807, 2.05) is 4.72 Å². The van der Waals surface area contributed by atoms with E-state index in [1.165, 1.54) is 0 Å². The molecule has 1 aromatic heterocycles. The molecule has 0 saturated carbocycles. The Labute approximate surface area is 102 Å². The van der Waals surface area contributed by atoms with Gasteiger partial charge in [0.1, 0.15) is 10.9 Å². The van der Waals surface area contributed by atoms with Gasteiger partial charge in [-0.1, -0.05) is 0 Å². The van der Waals surface area contributed by atoms with Crippen LogP contribution in [0.1, 0.15) is 12.8 Å². The second-order valence-electron chi connectivity index (χ2n) is 3.45. The predicted octanol–water partition coefficient (Wildman–Crippen LogP) is -1.59. The molecule has 1 aromatic rings. The number of carbonyl (C=O) groups excluding carboxylic acids is 1. The number of sulfonamides is 1. The number of H-pyrrole nitrogens is 1. The minimum atomic E-state index is -3.99. The molecule has 0 radical (unpaired) electrons. The van der Waals surface area contributed by atoms with E-state index in [9.17, 15) is 18.0 Å².